The smallest absolute Gasteiger partial charge is 0.224 e. The van der Waals surface area contributed by atoms with Gasteiger partial charge in [0.05, 0.1) is 6.42 Å². The average Bonchev–Trinajstić information content (AvgIpc) is 2.42. The molecule has 122 valence electrons. The molecule has 5 heteroatoms. The molecule has 1 aromatic carbocycles. The minimum Gasteiger partial charge on any atom is -0.353 e. The summed E-state index contributed by atoms with van der Waals surface area (Å²) in [7, 11) is 0. The van der Waals surface area contributed by atoms with Crippen molar-refractivity contribution in [1.29, 1.82) is 0 Å². The number of fused-ring (bicyclic) bond motifs is 2. The number of nitrogens with one attached hydrogen (secondary N) is 1. The van der Waals surface area contributed by atoms with Gasteiger partial charge in [0.25, 0.3) is 0 Å². The SMILES string of the molecule is Cl.NC1CC2CCCC(C1)C2NC(=O)Cc1ccccc1Cl. The van der Waals surface area contributed by atoms with Crippen molar-refractivity contribution < 1.29 is 4.79 Å². The van der Waals surface area contributed by atoms with Gasteiger partial charge in [-0.2, -0.15) is 0 Å². The van der Waals surface area contributed by atoms with E-state index < -0.39 is 0 Å². The van der Waals surface area contributed by atoms with Gasteiger partial charge in [0.2, 0.25) is 5.91 Å². The predicted molar refractivity (Wildman–Crippen MR) is 92.4 cm³/mol. The quantitative estimate of drug-likeness (QED) is 0.885. The van der Waals surface area contributed by atoms with Crippen molar-refractivity contribution in [3.05, 3.63) is 34.9 Å². The fourth-order valence-electron chi connectivity index (χ4n) is 4.08. The molecule has 22 heavy (non-hydrogen) atoms. The van der Waals surface area contributed by atoms with Gasteiger partial charge in [-0.15, -0.1) is 12.4 Å². The Kier molecular flexibility index (Phi) is 6.13. The van der Waals surface area contributed by atoms with Crippen LogP contribution in [0.2, 0.25) is 5.02 Å². The topological polar surface area (TPSA) is 55.1 Å². The van der Waals surface area contributed by atoms with Crippen LogP contribution in [0.3, 0.4) is 0 Å². The second-order valence-electron chi connectivity index (χ2n) is 6.54. The zero-order chi connectivity index (χ0) is 14.8. The van der Waals surface area contributed by atoms with Gasteiger partial charge in [-0.3, -0.25) is 4.79 Å². The minimum atomic E-state index is 0. The van der Waals surface area contributed by atoms with Crippen molar-refractivity contribution in [3.8, 4) is 0 Å². The summed E-state index contributed by atoms with van der Waals surface area (Å²) in [5.41, 5.74) is 7.03. The monoisotopic (exact) mass is 342 g/mol. The van der Waals surface area contributed by atoms with Crippen LogP contribution in [0.1, 0.15) is 37.7 Å². The van der Waals surface area contributed by atoms with Gasteiger partial charge in [-0.05, 0) is 49.1 Å². The normalized spacial score (nSPS) is 30.3. The number of carbonyl (C=O) groups is 1. The Hall–Kier alpha value is -0.770. The number of amides is 1. The van der Waals surface area contributed by atoms with Crippen molar-refractivity contribution in [2.75, 3.05) is 0 Å². The summed E-state index contributed by atoms with van der Waals surface area (Å²) in [6, 6.07) is 8.18. The molecule has 2 atom stereocenters. The van der Waals surface area contributed by atoms with Crippen molar-refractivity contribution >= 4 is 29.9 Å². The Balaban J connectivity index is 0.00000176. The van der Waals surface area contributed by atoms with E-state index >= 15 is 0 Å². The molecule has 0 saturated heterocycles. The molecule has 3 N–H and O–H groups in total. The molecule has 0 heterocycles. The maximum Gasteiger partial charge on any atom is 0.224 e. The Morgan fingerprint density at radius 3 is 2.50 bits per heavy atom. The number of nitrogens with two attached hydrogens (primary N) is 1. The molecule has 1 amide bonds. The summed E-state index contributed by atoms with van der Waals surface area (Å²) in [6.45, 7) is 0. The lowest BCUT2D eigenvalue weighted by atomic mass is 9.67. The molecule has 3 rings (SSSR count). The van der Waals surface area contributed by atoms with E-state index in [4.69, 9.17) is 17.3 Å². The second kappa shape index (κ2) is 7.67. The fraction of sp³-hybridized carbons (Fsp3) is 0.588. The van der Waals surface area contributed by atoms with Crippen LogP contribution in [-0.4, -0.2) is 18.0 Å². The van der Waals surface area contributed by atoms with E-state index in [0.717, 1.165) is 18.4 Å². The summed E-state index contributed by atoms with van der Waals surface area (Å²) in [5, 5.41) is 3.93. The van der Waals surface area contributed by atoms with Gasteiger partial charge in [-0.1, -0.05) is 36.2 Å². The van der Waals surface area contributed by atoms with E-state index in [1.165, 1.54) is 19.3 Å². The van der Waals surface area contributed by atoms with Gasteiger partial charge in [-0.25, -0.2) is 0 Å². The van der Waals surface area contributed by atoms with Crippen LogP contribution in [-0.2, 0) is 11.2 Å². The van der Waals surface area contributed by atoms with E-state index in [-0.39, 0.29) is 18.3 Å². The van der Waals surface area contributed by atoms with Gasteiger partial charge in [0, 0.05) is 17.1 Å². The van der Waals surface area contributed by atoms with Crippen LogP contribution in [0.15, 0.2) is 24.3 Å². The lowest BCUT2D eigenvalue weighted by molar-refractivity contribution is -0.122. The maximum atomic E-state index is 12.3. The highest BCUT2D eigenvalue weighted by molar-refractivity contribution is 6.31. The fourth-order valence-corrected chi connectivity index (χ4v) is 4.28. The largest absolute Gasteiger partial charge is 0.353 e. The van der Waals surface area contributed by atoms with Gasteiger partial charge in [0.1, 0.15) is 0 Å². The highest BCUT2D eigenvalue weighted by Gasteiger charge is 2.39. The molecule has 1 aromatic rings. The van der Waals surface area contributed by atoms with Crippen LogP contribution in [0, 0.1) is 11.8 Å². The zero-order valence-corrected chi connectivity index (χ0v) is 14.2. The van der Waals surface area contributed by atoms with Crippen LogP contribution in [0.25, 0.3) is 0 Å². The standard InChI is InChI=1S/C17H23ClN2O.ClH/c18-15-7-2-1-4-11(15)10-16(21)20-17-12-5-3-6-13(17)9-14(19)8-12;/h1-2,4,7,12-14,17H,3,5-6,8-10,19H2,(H,20,21);1H. The molecule has 2 aliphatic carbocycles. The Morgan fingerprint density at radius 1 is 1.23 bits per heavy atom. The average molecular weight is 343 g/mol. The molecule has 2 bridgehead atoms. The van der Waals surface area contributed by atoms with Crippen LogP contribution < -0.4 is 11.1 Å². The number of hydrogen-bond acceptors (Lipinski definition) is 2. The third-order valence-electron chi connectivity index (χ3n) is 5.01. The van der Waals surface area contributed by atoms with Crippen LogP contribution >= 0.6 is 24.0 Å². The van der Waals surface area contributed by atoms with Gasteiger partial charge in [0.15, 0.2) is 0 Å². The highest BCUT2D eigenvalue weighted by Crippen LogP contribution is 2.39. The first-order chi connectivity index (χ1) is 10.1. The minimum absolute atomic E-state index is 0. The molecular weight excluding hydrogens is 319 g/mol. The molecule has 2 aliphatic rings. The Bertz CT molecular complexity index is 509. The third-order valence-corrected chi connectivity index (χ3v) is 5.38. The number of halogens is 2. The summed E-state index contributed by atoms with van der Waals surface area (Å²) in [5.74, 6) is 1.20. The Labute approximate surface area is 143 Å². The molecule has 2 fully saturated rings. The summed E-state index contributed by atoms with van der Waals surface area (Å²) in [6.07, 6.45) is 6.13. The van der Waals surface area contributed by atoms with Crippen molar-refractivity contribution in [3.63, 3.8) is 0 Å². The number of carbonyl (C=O) groups excluding carboxylic acids is 1. The van der Waals surface area contributed by atoms with Crippen molar-refractivity contribution in [1.82, 2.24) is 5.32 Å². The number of benzene rings is 1. The lowest BCUT2D eigenvalue weighted by Gasteiger charge is -2.45. The summed E-state index contributed by atoms with van der Waals surface area (Å²) >= 11 is 6.13. The molecule has 0 aliphatic heterocycles. The highest BCUT2D eigenvalue weighted by atomic mass is 35.5. The van der Waals surface area contributed by atoms with Gasteiger partial charge < -0.3 is 11.1 Å². The number of hydrogen-bond donors (Lipinski definition) is 2. The van der Waals surface area contributed by atoms with E-state index in [0.29, 0.717) is 35.4 Å². The van der Waals surface area contributed by atoms with E-state index in [2.05, 4.69) is 5.32 Å². The van der Waals surface area contributed by atoms with Crippen LogP contribution in [0.5, 0.6) is 0 Å². The number of rotatable bonds is 3. The second-order valence-corrected chi connectivity index (χ2v) is 6.95. The van der Waals surface area contributed by atoms with Gasteiger partial charge >= 0.3 is 0 Å². The summed E-state index contributed by atoms with van der Waals surface area (Å²) < 4.78 is 0. The lowest BCUT2D eigenvalue weighted by Crippen LogP contribution is -2.54. The molecular formula is C17H24Cl2N2O. The summed E-state index contributed by atoms with van der Waals surface area (Å²) in [4.78, 5) is 12.3. The zero-order valence-electron chi connectivity index (χ0n) is 12.6. The Morgan fingerprint density at radius 2 is 1.86 bits per heavy atom. The molecule has 2 saturated carbocycles. The predicted octanol–water partition coefficient (Wildman–Crippen LogP) is 3.33. The third kappa shape index (κ3) is 3.95. The maximum absolute atomic E-state index is 12.3. The molecule has 0 radical (unpaired) electrons. The van der Waals surface area contributed by atoms with E-state index in [1.807, 2.05) is 24.3 Å². The molecule has 0 spiro atoms. The van der Waals surface area contributed by atoms with Crippen LogP contribution in [0.4, 0.5) is 0 Å². The van der Waals surface area contributed by atoms with E-state index in [1.54, 1.807) is 0 Å². The first kappa shape index (κ1) is 17.6. The van der Waals surface area contributed by atoms with E-state index in [9.17, 15) is 4.79 Å². The van der Waals surface area contributed by atoms with Crippen molar-refractivity contribution in [2.45, 2.75) is 50.6 Å². The molecule has 3 nitrogen and oxygen atoms in total. The molecule has 2 unspecified atom stereocenters. The van der Waals surface area contributed by atoms with Crippen molar-refractivity contribution in [2.24, 2.45) is 17.6 Å². The first-order valence-corrected chi connectivity index (χ1v) is 8.29. The first-order valence-electron chi connectivity index (χ1n) is 7.92. The molecule has 0 aromatic heterocycles.